The number of rotatable bonds is 3. The van der Waals surface area contributed by atoms with E-state index in [2.05, 4.69) is 20.5 Å². The van der Waals surface area contributed by atoms with Crippen LogP contribution in [0.4, 0.5) is 15.9 Å². The van der Waals surface area contributed by atoms with Gasteiger partial charge in [-0.25, -0.2) is 4.98 Å². The summed E-state index contributed by atoms with van der Waals surface area (Å²) in [5, 5.41) is 11.6. The molecule has 8 heteroatoms. The number of amides is 1. The van der Waals surface area contributed by atoms with E-state index in [-0.39, 0.29) is 22.4 Å². The number of halogens is 2. The maximum absolute atomic E-state index is 13.3. The molecule has 0 spiro atoms. The molecule has 2 aromatic rings. The molecule has 0 saturated carbocycles. The van der Waals surface area contributed by atoms with Crippen molar-refractivity contribution >= 4 is 29.0 Å². The molecule has 2 rings (SSSR count). The van der Waals surface area contributed by atoms with E-state index in [1.807, 2.05) is 0 Å². The Balaban J connectivity index is 2.39. The zero-order valence-electron chi connectivity index (χ0n) is 13.2. The third kappa shape index (κ3) is 3.00. The van der Waals surface area contributed by atoms with Crippen molar-refractivity contribution in [3.05, 3.63) is 40.6 Å². The van der Waals surface area contributed by atoms with Crippen LogP contribution in [0, 0.1) is 12.9 Å². The van der Waals surface area contributed by atoms with Crippen LogP contribution in [-0.2, 0) is 0 Å². The maximum atomic E-state index is 13.3. The lowest BCUT2D eigenvalue weighted by Crippen LogP contribution is -2.21. The van der Waals surface area contributed by atoms with E-state index in [9.17, 15) is 9.18 Å². The van der Waals surface area contributed by atoms with E-state index in [4.69, 9.17) is 15.7 Å². The zero-order valence-corrected chi connectivity index (χ0v) is 11.0. The van der Waals surface area contributed by atoms with Gasteiger partial charge in [-0.15, -0.1) is 10.2 Å². The van der Waals surface area contributed by atoms with Crippen LogP contribution >= 0.6 is 11.6 Å². The Morgan fingerprint density at radius 2 is 2.25 bits per heavy atom. The summed E-state index contributed by atoms with van der Waals surface area (Å²) in [4.78, 5) is 15.6. The number of carbonyl (C=O) groups excluding carboxylic acids is 1. The molecule has 2 heterocycles. The minimum Gasteiger partial charge on any atom is -0.354 e. The van der Waals surface area contributed by atoms with Crippen molar-refractivity contribution in [2.45, 2.75) is 6.92 Å². The molecule has 0 unspecified atom stereocenters. The molecular weight excluding hydrogens is 285 g/mol. The molecule has 0 aliphatic heterocycles. The summed E-state index contributed by atoms with van der Waals surface area (Å²) in [5.74, 6) is -1.57. The number of aromatic nitrogens is 3. The fourth-order valence-corrected chi connectivity index (χ4v) is 1.60. The maximum Gasteiger partial charge on any atom is 0.273 e. The highest BCUT2D eigenvalue weighted by Gasteiger charge is 2.15. The van der Waals surface area contributed by atoms with Gasteiger partial charge in [-0.05, 0) is 18.6 Å². The van der Waals surface area contributed by atoms with Crippen molar-refractivity contribution in [1.82, 2.24) is 20.5 Å². The van der Waals surface area contributed by atoms with Crippen LogP contribution in [-0.4, -0.2) is 28.1 Å². The molecule has 0 fully saturated rings. The molecule has 0 radical (unpaired) electrons. The van der Waals surface area contributed by atoms with Gasteiger partial charge in [-0.2, -0.15) is 4.39 Å². The fourth-order valence-electron chi connectivity index (χ4n) is 1.45. The number of hydrogen-bond acceptors (Lipinski definition) is 5. The Hall–Kier alpha value is -2.28. The molecule has 0 aliphatic carbocycles. The number of nitrogens with zero attached hydrogens (tertiary/aromatic N) is 3. The van der Waals surface area contributed by atoms with Crippen molar-refractivity contribution in [3.8, 4) is 0 Å². The highest BCUT2D eigenvalue weighted by atomic mass is 35.5. The second-order valence-corrected chi connectivity index (χ2v) is 4.20. The first-order chi connectivity index (χ1) is 10.7. The second-order valence-electron chi connectivity index (χ2n) is 3.81. The number of aryl methyl sites for hydroxylation is 1. The van der Waals surface area contributed by atoms with Crippen LogP contribution in [0.3, 0.4) is 0 Å². The molecule has 2 N–H and O–H groups in total. The minimum absolute atomic E-state index is 0.0352. The van der Waals surface area contributed by atoms with Crippen molar-refractivity contribution in [1.29, 1.82) is 0 Å². The molecule has 0 aromatic carbocycles. The van der Waals surface area contributed by atoms with E-state index in [0.29, 0.717) is 5.56 Å². The van der Waals surface area contributed by atoms with Gasteiger partial charge in [0.15, 0.2) is 10.8 Å². The number of nitrogens with one attached hydrogen (secondary N) is 2. The molecule has 0 atom stereocenters. The predicted molar refractivity (Wildman–Crippen MR) is 72.6 cm³/mol. The van der Waals surface area contributed by atoms with E-state index in [1.54, 1.807) is 12.2 Å². The lowest BCUT2D eigenvalue weighted by molar-refractivity contribution is 0.0958. The molecule has 0 aliphatic rings. The standard InChI is InChI=1S/C12H11ClFN5O/c1-6-3-4-9(14)17-11(6)16-7-5-8(13)18-19-10(7)12(20)15-2/h3-5H,1-2H3,(H,15,20)(H,16,17,18)/i2D3. The largest absolute Gasteiger partial charge is 0.354 e. The average molecular weight is 299 g/mol. The van der Waals surface area contributed by atoms with Crippen molar-refractivity contribution in [3.63, 3.8) is 0 Å². The smallest absolute Gasteiger partial charge is 0.273 e. The second kappa shape index (κ2) is 5.79. The normalized spacial score (nSPS) is 13.1. The first kappa shape index (κ1) is 10.5. The van der Waals surface area contributed by atoms with Crippen LogP contribution in [0.2, 0.25) is 5.15 Å². The summed E-state index contributed by atoms with van der Waals surface area (Å²) in [5.41, 5.74) is 0.338. The highest BCUT2D eigenvalue weighted by Crippen LogP contribution is 2.22. The van der Waals surface area contributed by atoms with Gasteiger partial charge in [0.05, 0.1) is 5.69 Å². The van der Waals surface area contributed by atoms with Crippen LogP contribution in [0.15, 0.2) is 18.2 Å². The number of pyridine rings is 1. The lowest BCUT2D eigenvalue weighted by atomic mass is 10.2. The van der Waals surface area contributed by atoms with Gasteiger partial charge in [-0.1, -0.05) is 17.7 Å². The van der Waals surface area contributed by atoms with Crippen molar-refractivity contribution < 1.29 is 13.3 Å². The van der Waals surface area contributed by atoms with E-state index in [1.165, 1.54) is 18.2 Å². The SMILES string of the molecule is [2H]C([2H])([2H])NC(=O)c1nnc(Cl)cc1Nc1nc(F)ccc1C. The topological polar surface area (TPSA) is 79.8 Å². The van der Waals surface area contributed by atoms with E-state index in [0.717, 1.165) is 0 Å². The summed E-state index contributed by atoms with van der Waals surface area (Å²) >= 11 is 5.74. The zero-order chi connectivity index (χ0) is 17.2. The molecule has 1 amide bonds. The quantitative estimate of drug-likeness (QED) is 0.848. The number of hydrogen-bond donors (Lipinski definition) is 2. The number of carbonyl (C=O) groups is 1. The molecule has 20 heavy (non-hydrogen) atoms. The van der Waals surface area contributed by atoms with Gasteiger partial charge in [0.25, 0.3) is 5.91 Å². The van der Waals surface area contributed by atoms with Gasteiger partial charge in [0.2, 0.25) is 5.95 Å². The minimum atomic E-state index is -2.69. The Kier molecular flexibility index (Phi) is 3.04. The van der Waals surface area contributed by atoms with Crippen LogP contribution in [0.25, 0.3) is 0 Å². The Morgan fingerprint density at radius 3 is 3.00 bits per heavy atom. The molecule has 2 aromatic heterocycles. The van der Waals surface area contributed by atoms with Crippen LogP contribution in [0.5, 0.6) is 0 Å². The molecule has 0 bridgehead atoms. The van der Waals surface area contributed by atoms with E-state index < -0.39 is 18.8 Å². The van der Waals surface area contributed by atoms with Crippen molar-refractivity contribution in [2.75, 3.05) is 12.3 Å². The predicted octanol–water partition coefficient (Wildman–Crippen LogP) is 2.08. The highest BCUT2D eigenvalue weighted by molar-refractivity contribution is 6.29. The molecule has 0 saturated heterocycles. The summed E-state index contributed by atoms with van der Waals surface area (Å²) in [6, 6.07) is 3.93. The van der Waals surface area contributed by atoms with Gasteiger partial charge in [-0.3, -0.25) is 4.79 Å². The van der Waals surface area contributed by atoms with Gasteiger partial charge in [0, 0.05) is 17.2 Å². The van der Waals surface area contributed by atoms with Crippen molar-refractivity contribution in [2.24, 2.45) is 0 Å². The summed E-state index contributed by atoms with van der Waals surface area (Å²) in [7, 11) is 0. The third-order valence-electron chi connectivity index (χ3n) is 2.41. The molecule has 6 nitrogen and oxygen atoms in total. The van der Waals surface area contributed by atoms with E-state index >= 15 is 0 Å². The molecule has 104 valence electrons. The molecular formula is C12H11ClFN5O. The monoisotopic (exact) mass is 298 g/mol. The first-order valence-corrected chi connectivity index (χ1v) is 5.79. The van der Waals surface area contributed by atoms with Gasteiger partial charge < -0.3 is 10.6 Å². The number of anilines is 2. The summed E-state index contributed by atoms with van der Waals surface area (Å²) in [6.45, 7) is -1.02. The lowest BCUT2D eigenvalue weighted by Gasteiger charge is -2.11. The van der Waals surface area contributed by atoms with Crippen LogP contribution < -0.4 is 10.6 Å². The fraction of sp³-hybridized carbons (Fsp3) is 0.167. The average Bonchev–Trinajstić information content (AvgIpc) is 2.41. The third-order valence-corrected chi connectivity index (χ3v) is 2.59. The Labute approximate surface area is 123 Å². The Bertz CT molecular complexity index is 756. The summed E-state index contributed by atoms with van der Waals surface area (Å²) in [6.07, 6.45) is 0. The van der Waals surface area contributed by atoms with Gasteiger partial charge >= 0.3 is 0 Å². The first-order valence-electron chi connectivity index (χ1n) is 6.91. The van der Waals surface area contributed by atoms with Crippen LogP contribution in [0.1, 0.15) is 20.2 Å². The Morgan fingerprint density at radius 1 is 1.45 bits per heavy atom. The van der Waals surface area contributed by atoms with Gasteiger partial charge in [0.1, 0.15) is 5.82 Å². The summed E-state index contributed by atoms with van der Waals surface area (Å²) < 4.78 is 34.4.